The monoisotopic (exact) mass is 309 g/mol. The van der Waals surface area contributed by atoms with E-state index in [9.17, 15) is 4.79 Å². The topological polar surface area (TPSA) is 38.3 Å². The molecule has 0 saturated heterocycles. The van der Waals surface area contributed by atoms with E-state index in [0.29, 0.717) is 6.54 Å². The molecule has 1 rings (SSSR count). The minimum atomic E-state index is -0.420. The number of benzene rings is 1. The first kappa shape index (κ1) is 17.9. The number of carbonyl (C=O) groups is 1. The molecule has 1 N–H and O–H groups in total. The van der Waals surface area contributed by atoms with Gasteiger partial charge < -0.3 is 10.1 Å². The third-order valence-electron chi connectivity index (χ3n) is 2.73. The number of nitrogens with one attached hydrogen (secondary N) is 1. The van der Waals surface area contributed by atoms with Crippen molar-refractivity contribution in [1.29, 1.82) is 0 Å². The van der Waals surface area contributed by atoms with Crippen LogP contribution in [-0.4, -0.2) is 29.7 Å². The molecule has 0 heterocycles. The second-order valence-electron chi connectivity index (χ2n) is 5.98. The maximum Gasteiger partial charge on any atom is 0.407 e. The molecule has 21 heavy (non-hydrogen) atoms. The lowest BCUT2D eigenvalue weighted by molar-refractivity contribution is 0.0528. The molecule has 0 aliphatic heterocycles. The fourth-order valence-corrected chi connectivity index (χ4v) is 2.71. The summed E-state index contributed by atoms with van der Waals surface area (Å²) in [6.45, 7) is 6.29. The van der Waals surface area contributed by atoms with E-state index in [4.69, 9.17) is 4.74 Å². The van der Waals surface area contributed by atoms with Crippen molar-refractivity contribution < 1.29 is 9.53 Å². The van der Waals surface area contributed by atoms with Gasteiger partial charge in [-0.05, 0) is 57.1 Å². The van der Waals surface area contributed by atoms with Crippen LogP contribution in [0.1, 0.15) is 39.2 Å². The van der Waals surface area contributed by atoms with Gasteiger partial charge in [0.05, 0.1) is 0 Å². The van der Waals surface area contributed by atoms with Crippen LogP contribution in [0.25, 0.3) is 0 Å². The summed E-state index contributed by atoms with van der Waals surface area (Å²) in [5, 5.41) is 2.78. The van der Waals surface area contributed by atoms with Gasteiger partial charge in [-0.25, -0.2) is 4.79 Å². The number of ether oxygens (including phenoxy) is 1. The number of hydrogen-bond donors (Lipinski definition) is 1. The average molecular weight is 309 g/mol. The van der Waals surface area contributed by atoms with Gasteiger partial charge in [-0.1, -0.05) is 30.3 Å². The highest BCUT2D eigenvalue weighted by atomic mass is 32.2. The lowest BCUT2D eigenvalue weighted by atomic mass is 10.1. The third kappa shape index (κ3) is 10.2. The number of alkyl carbamates (subject to hydrolysis) is 1. The smallest absolute Gasteiger partial charge is 0.407 e. The van der Waals surface area contributed by atoms with Crippen LogP contribution in [0.2, 0.25) is 0 Å². The molecule has 0 radical (unpaired) electrons. The Morgan fingerprint density at radius 3 is 2.48 bits per heavy atom. The first-order chi connectivity index (χ1) is 9.97. The molecule has 0 fully saturated rings. The highest BCUT2D eigenvalue weighted by Gasteiger charge is 2.15. The molecule has 0 aliphatic rings. The molecule has 0 bridgehead atoms. The third-order valence-corrected chi connectivity index (χ3v) is 3.89. The minimum absolute atomic E-state index is 0.323. The Morgan fingerprint density at radius 1 is 1.14 bits per heavy atom. The largest absolute Gasteiger partial charge is 0.444 e. The Balaban J connectivity index is 1.92. The van der Waals surface area contributed by atoms with Crippen LogP contribution < -0.4 is 5.32 Å². The number of hydrogen-bond acceptors (Lipinski definition) is 3. The van der Waals surface area contributed by atoms with Crippen molar-refractivity contribution in [2.45, 2.75) is 45.6 Å². The Bertz CT molecular complexity index is 401. The molecule has 3 nitrogen and oxygen atoms in total. The SMILES string of the molecule is CC(C)(C)OC(=O)NCCCSCCCc1ccccc1. The van der Waals surface area contributed by atoms with Crippen molar-refractivity contribution in [3.63, 3.8) is 0 Å². The lowest BCUT2D eigenvalue weighted by Crippen LogP contribution is -2.33. The Morgan fingerprint density at radius 2 is 1.81 bits per heavy atom. The number of carbonyl (C=O) groups excluding carboxylic acids is 1. The molecule has 4 heteroatoms. The molecule has 0 saturated carbocycles. The number of thioether (sulfide) groups is 1. The summed E-state index contributed by atoms with van der Waals surface area (Å²) in [4.78, 5) is 11.4. The molecule has 0 aromatic heterocycles. The molecule has 1 aromatic rings. The van der Waals surface area contributed by atoms with Crippen LogP contribution >= 0.6 is 11.8 Å². The van der Waals surface area contributed by atoms with Crippen molar-refractivity contribution in [2.75, 3.05) is 18.1 Å². The zero-order chi connectivity index (χ0) is 15.6. The second kappa shape index (κ2) is 9.72. The van der Waals surface area contributed by atoms with Crippen molar-refractivity contribution in [3.05, 3.63) is 35.9 Å². The molecule has 118 valence electrons. The maximum absolute atomic E-state index is 11.4. The van der Waals surface area contributed by atoms with Gasteiger partial charge in [0, 0.05) is 6.54 Å². The molecule has 1 amide bonds. The summed E-state index contributed by atoms with van der Waals surface area (Å²) in [7, 11) is 0. The van der Waals surface area contributed by atoms with E-state index in [0.717, 1.165) is 18.6 Å². The summed E-state index contributed by atoms with van der Waals surface area (Å²) < 4.78 is 5.17. The molecular weight excluding hydrogens is 282 g/mol. The van der Waals surface area contributed by atoms with E-state index >= 15 is 0 Å². The lowest BCUT2D eigenvalue weighted by Gasteiger charge is -2.19. The zero-order valence-corrected chi connectivity index (χ0v) is 14.2. The minimum Gasteiger partial charge on any atom is -0.444 e. The fraction of sp³-hybridized carbons (Fsp3) is 0.588. The molecule has 1 aromatic carbocycles. The second-order valence-corrected chi connectivity index (χ2v) is 7.21. The molecule has 0 unspecified atom stereocenters. The van der Waals surface area contributed by atoms with E-state index in [1.165, 1.54) is 17.7 Å². The van der Waals surface area contributed by atoms with E-state index < -0.39 is 5.60 Å². The number of aryl methyl sites for hydroxylation is 1. The van der Waals surface area contributed by atoms with Crippen LogP contribution in [0, 0.1) is 0 Å². The standard InChI is InChI=1S/C17H27NO2S/c1-17(2,3)20-16(19)18-12-8-14-21-13-7-11-15-9-5-4-6-10-15/h4-6,9-10H,7-8,11-14H2,1-3H3,(H,18,19). The average Bonchev–Trinajstić information content (AvgIpc) is 2.41. The summed E-state index contributed by atoms with van der Waals surface area (Å²) in [6.07, 6.45) is 3.00. The highest BCUT2D eigenvalue weighted by molar-refractivity contribution is 7.99. The predicted molar refractivity (Wildman–Crippen MR) is 90.9 cm³/mol. The summed E-state index contributed by atoms with van der Waals surface area (Å²) in [6, 6.07) is 10.6. The zero-order valence-electron chi connectivity index (χ0n) is 13.4. The number of rotatable bonds is 8. The summed E-state index contributed by atoms with van der Waals surface area (Å²) in [5.74, 6) is 2.24. The van der Waals surface area contributed by atoms with Gasteiger partial charge in [-0.3, -0.25) is 0 Å². The van der Waals surface area contributed by atoms with E-state index in [1.54, 1.807) is 0 Å². The van der Waals surface area contributed by atoms with E-state index in [-0.39, 0.29) is 6.09 Å². The van der Waals surface area contributed by atoms with Gasteiger partial charge in [0.15, 0.2) is 0 Å². The van der Waals surface area contributed by atoms with Crippen LogP contribution in [0.15, 0.2) is 30.3 Å². The van der Waals surface area contributed by atoms with Crippen LogP contribution in [0.3, 0.4) is 0 Å². The van der Waals surface area contributed by atoms with Gasteiger partial charge in [0.2, 0.25) is 0 Å². The van der Waals surface area contributed by atoms with E-state index in [1.807, 2.05) is 32.5 Å². The molecule has 0 aliphatic carbocycles. The van der Waals surface area contributed by atoms with Crippen LogP contribution in [0.5, 0.6) is 0 Å². The quantitative estimate of drug-likeness (QED) is 0.729. The maximum atomic E-state index is 11.4. The van der Waals surface area contributed by atoms with Crippen LogP contribution in [-0.2, 0) is 11.2 Å². The fourth-order valence-electron chi connectivity index (χ4n) is 1.80. The predicted octanol–water partition coefficient (Wildman–Crippen LogP) is 4.27. The Kier molecular flexibility index (Phi) is 8.28. The van der Waals surface area contributed by atoms with Crippen molar-refractivity contribution in [2.24, 2.45) is 0 Å². The summed E-state index contributed by atoms with van der Waals surface area (Å²) in [5.41, 5.74) is 0.987. The summed E-state index contributed by atoms with van der Waals surface area (Å²) >= 11 is 1.95. The van der Waals surface area contributed by atoms with Crippen molar-refractivity contribution in [3.8, 4) is 0 Å². The van der Waals surface area contributed by atoms with Gasteiger partial charge in [0.1, 0.15) is 5.60 Å². The van der Waals surface area contributed by atoms with E-state index in [2.05, 4.69) is 35.6 Å². The Hall–Kier alpha value is -1.16. The first-order valence-electron chi connectivity index (χ1n) is 7.56. The van der Waals surface area contributed by atoms with Gasteiger partial charge >= 0.3 is 6.09 Å². The normalized spacial score (nSPS) is 11.2. The van der Waals surface area contributed by atoms with Crippen LogP contribution in [0.4, 0.5) is 4.79 Å². The van der Waals surface area contributed by atoms with Gasteiger partial charge in [-0.2, -0.15) is 11.8 Å². The first-order valence-corrected chi connectivity index (χ1v) is 8.71. The Labute approximate surface area is 132 Å². The van der Waals surface area contributed by atoms with Crippen molar-refractivity contribution >= 4 is 17.9 Å². The van der Waals surface area contributed by atoms with Crippen molar-refractivity contribution in [1.82, 2.24) is 5.32 Å². The molecule has 0 spiro atoms. The molecular formula is C17H27NO2S. The van der Waals surface area contributed by atoms with Gasteiger partial charge in [-0.15, -0.1) is 0 Å². The number of amides is 1. The molecule has 0 atom stereocenters. The van der Waals surface area contributed by atoms with Gasteiger partial charge in [0.25, 0.3) is 0 Å². The highest BCUT2D eigenvalue weighted by Crippen LogP contribution is 2.09.